The van der Waals surface area contributed by atoms with Gasteiger partial charge in [0, 0.05) is 6.54 Å². The molecule has 0 aliphatic carbocycles. The number of aryl methyl sites for hydroxylation is 1. The van der Waals surface area contributed by atoms with Gasteiger partial charge in [-0.1, -0.05) is 74.6 Å². The third-order valence-electron chi connectivity index (χ3n) is 4.21. The van der Waals surface area contributed by atoms with Crippen molar-refractivity contribution in [2.24, 2.45) is 0 Å². The van der Waals surface area contributed by atoms with Crippen LogP contribution in [0, 0.1) is 6.92 Å². The van der Waals surface area contributed by atoms with E-state index in [0.29, 0.717) is 6.61 Å². The first-order valence-corrected chi connectivity index (χ1v) is 9.26. The van der Waals surface area contributed by atoms with Crippen LogP contribution in [-0.2, 0) is 13.2 Å². The fourth-order valence-corrected chi connectivity index (χ4v) is 2.68. The SMILES string of the molecule is CCCCCCCNCc1cccc(OCc2ccc(C)cc2)c1.Cl. The van der Waals surface area contributed by atoms with Crippen LogP contribution in [0.2, 0.25) is 0 Å². The summed E-state index contributed by atoms with van der Waals surface area (Å²) in [5, 5.41) is 3.53. The molecule has 2 rings (SSSR count). The third kappa shape index (κ3) is 8.94. The number of ether oxygens (including phenoxy) is 1. The van der Waals surface area contributed by atoms with Crippen LogP contribution in [0.3, 0.4) is 0 Å². The molecule has 1 N–H and O–H groups in total. The summed E-state index contributed by atoms with van der Waals surface area (Å²) in [5.74, 6) is 0.942. The maximum atomic E-state index is 5.92. The zero-order valence-corrected chi connectivity index (χ0v) is 16.4. The van der Waals surface area contributed by atoms with Gasteiger partial charge in [-0.05, 0) is 43.1 Å². The van der Waals surface area contributed by atoms with E-state index in [4.69, 9.17) is 4.74 Å². The molecule has 0 heterocycles. The molecule has 0 aliphatic rings. The number of nitrogens with one attached hydrogen (secondary N) is 1. The molecule has 0 aliphatic heterocycles. The first kappa shape index (κ1) is 21.5. The highest BCUT2D eigenvalue weighted by Gasteiger charge is 1.99. The second kappa shape index (κ2) is 12.8. The zero-order chi connectivity index (χ0) is 17.0. The van der Waals surface area contributed by atoms with Gasteiger partial charge < -0.3 is 10.1 Å². The lowest BCUT2D eigenvalue weighted by atomic mass is 10.1. The van der Waals surface area contributed by atoms with Crippen LogP contribution in [0.25, 0.3) is 0 Å². The summed E-state index contributed by atoms with van der Waals surface area (Å²) in [5.41, 5.74) is 3.77. The second-order valence-electron chi connectivity index (χ2n) is 6.51. The summed E-state index contributed by atoms with van der Waals surface area (Å²) in [6.45, 7) is 6.99. The van der Waals surface area contributed by atoms with Crippen LogP contribution in [0.5, 0.6) is 5.75 Å². The lowest BCUT2D eigenvalue weighted by Gasteiger charge is -2.09. The van der Waals surface area contributed by atoms with E-state index in [1.807, 2.05) is 6.07 Å². The van der Waals surface area contributed by atoms with Gasteiger partial charge in [0.05, 0.1) is 0 Å². The average Bonchev–Trinajstić information content (AvgIpc) is 2.61. The molecule has 0 saturated heterocycles. The van der Waals surface area contributed by atoms with Crippen molar-refractivity contribution in [1.82, 2.24) is 5.32 Å². The molecule has 3 heteroatoms. The minimum atomic E-state index is 0. The summed E-state index contributed by atoms with van der Waals surface area (Å²) >= 11 is 0. The smallest absolute Gasteiger partial charge is 0.120 e. The van der Waals surface area contributed by atoms with Crippen LogP contribution >= 0.6 is 12.4 Å². The van der Waals surface area contributed by atoms with E-state index in [1.54, 1.807) is 0 Å². The molecule has 0 saturated carbocycles. The van der Waals surface area contributed by atoms with Crippen LogP contribution in [-0.4, -0.2) is 6.54 Å². The monoisotopic (exact) mass is 361 g/mol. The molecule has 0 unspecified atom stereocenters. The highest BCUT2D eigenvalue weighted by Crippen LogP contribution is 2.15. The van der Waals surface area contributed by atoms with Crippen molar-refractivity contribution in [3.05, 3.63) is 65.2 Å². The first-order chi connectivity index (χ1) is 11.8. The van der Waals surface area contributed by atoms with Gasteiger partial charge >= 0.3 is 0 Å². The standard InChI is InChI=1S/C22H31NO.ClH/c1-3-4-5-6-7-15-23-17-21-9-8-10-22(16-21)24-18-20-13-11-19(2)12-14-20;/h8-14,16,23H,3-7,15,17-18H2,1-2H3;1H. The van der Waals surface area contributed by atoms with Crippen molar-refractivity contribution in [2.75, 3.05) is 6.54 Å². The minimum absolute atomic E-state index is 0. The molecule has 0 bridgehead atoms. The Hall–Kier alpha value is -1.51. The topological polar surface area (TPSA) is 21.3 Å². The lowest BCUT2D eigenvalue weighted by molar-refractivity contribution is 0.306. The van der Waals surface area contributed by atoms with Gasteiger partial charge in [0.15, 0.2) is 0 Å². The second-order valence-corrected chi connectivity index (χ2v) is 6.51. The molecule has 0 fully saturated rings. The molecule has 2 aromatic carbocycles. The predicted molar refractivity (Wildman–Crippen MR) is 110 cm³/mol. The Morgan fingerprint density at radius 2 is 1.64 bits per heavy atom. The van der Waals surface area contributed by atoms with Gasteiger partial charge in [0.1, 0.15) is 12.4 Å². The maximum Gasteiger partial charge on any atom is 0.120 e. The van der Waals surface area contributed by atoms with Crippen molar-refractivity contribution in [3.8, 4) is 5.75 Å². The molecule has 2 nitrogen and oxygen atoms in total. The van der Waals surface area contributed by atoms with E-state index < -0.39 is 0 Å². The van der Waals surface area contributed by atoms with Crippen molar-refractivity contribution in [3.63, 3.8) is 0 Å². The fraction of sp³-hybridized carbons (Fsp3) is 0.455. The van der Waals surface area contributed by atoms with Gasteiger partial charge in [-0.25, -0.2) is 0 Å². The Labute approximate surface area is 159 Å². The fourth-order valence-electron chi connectivity index (χ4n) is 2.68. The Morgan fingerprint density at radius 3 is 2.40 bits per heavy atom. The van der Waals surface area contributed by atoms with Crippen LogP contribution in [0.4, 0.5) is 0 Å². The van der Waals surface area contributed by atoms with Crippen molar-refractivity contribution in [1.29, 1.82) is 0 Å². The molecule has 25 heavy (non-hydrogen) atoms. The predicted octanol–water partition coefficient (Wildman–Crippen LogP) is 6.06. The van der Waals surface area contributed by atoms with Crippen molar-refractivity contribution < 1.29 is 4.74 Å². The lowest BCUT2D eigenvalue weighted by Crippen LogP contribution is -2.14. The summed E-state index contributed by atoms with van der Waals surface area (Å²) in [4.78, 5) is 0. The van der Waals surface area contributed by atoms with E-state index >= 15 is 0 Å². The van der Waals surface area contributed by atoms with E-state index in [-0.39, 0.29) is 12.4 Å². The summed E-state index contributed by atoms with van der Waals surface area (Å²) in [6.07, 6.45) is 6.63. The van der Waals surface area contributed by atoms with E-state index in [1.165, 1.54) is 48.8 Å². The number of hydrogen-bond acceptors (Lipinski definition) is 2. The minimum Gasteiger partial charge on any atom is -0.489 e. The van der Waals surface area contributed by atoms with E-state index in [0.717, 1.165) is 18.8 Å². The molecule has 0 spiro atoms. The highest BCUT2D eigenvalue weighted by atomic mass is 35.5. The molecule has 2 aromatic rings. The molecule has 0 amide bonds. The van der Waals surface area contributed by atoms with Crippen molar-refractivity contribution >= 4 is 12.4 Å². The third-order valence-corrected chi connectivity index (χ3v) is 4.21. The van der Waals surface area contributed by atoms with Crippen LogP contribution in [0.1, 0.15) is 55.7 Å². The normalized spacial score (nSPS) is 10.3. The average molecular weight is 362 g/mol. The summed E-state index contributed by atoms with van der Waals surface area (Å²) in [6, 6.07) is 16.9. The zero-order valence-electron chi connectivity index (χ0n) is 15.6. The van der Waals surface area contributed by atoms with Crippen LogP contribution in [0.15, 0.2) is 48.5 Å². The van der Waals surface area contributed by atoms with E-state index in [9.17, 15) is 0 Å². The molecular formula is C22H32ClNO. The van der Waals surface area contributed by atoms with Crippen molar-refractivity contribution in [2.45, 2.75) is 59.1 Å². The van der Waals surface area contributed by atoms with Gasteiger partial charge in [-0.3, -0.25) is 0 Å². The number of unbranched alkanes of at least 4 members (excludes halogenated alkanes) is 4. The molecular weight excluding hydrogens is 330 g/mol. The number of benzene rings is 2. The van der Waals surface area contributed by atoms with E-state index in [2.05, 4.69) is 61.6 Å². The molecule has 0 aromatic heterocycles. The molecule has 0 radical (unpaired) electrons. The molecule has 0 atom stereocenters. The van der Waals surface area contributed by atoms with Gasteiger partial charge in [-0.2, -0.15) is 0 Å². The Morgan fingerprint density at radius 1 is 0.880 bits per heavy atom. The summed E-state index contributed by atoms with van der Waals surface area (Å²) < 4.78 is 5.92. The quantitative estimate of drug-likeness (QED) is 0.491. The number of halogens is 1. The Kier molecular flexibility index (Phi) is 11.0. The van der Waals surface area contributed by atoms with Gasteiger partial charge in [-0.15, -0.1) is 12.4 Å². The van der Waals surface area contributed by atoms with Crippen LogP contribution < -0.4 is 10.1 Å². The van der Waals surface area contributed by atoms with Gasteiger partial charge in [0.2, 0.25) is 0 Å². The highest BCUT2D eigenvalue weighted by molar-refractivity contribution is 5.85. The first-order valence-electron chi connectivity index (χ1n) is 9.26. The Balaban J connectivity index is 0.00000312. The maximum absolute atomic E-state index is 5.92. The number of hydrogen-bond donors (Lipinski definition) is 1. The summed E-state index contributed by atoms with van der Waals surface area (Å²) in [7, 11) is 0. The van der Waals surface area contributed by atoms with Gasteiger partial charge in [0.25, 0.3) is 0 Å². The number of rotatable bonds is 11. The Bertz CT molecular complexity index is 583. The largest absolute Gasteiger partial charge is 0.489 e. The molecule has 138 valence electrons.